The van der Waals surface area contributed by atoms with Crippen LogP contribution in [0.25, 0.3) is 0 Å². The summed E-state index contributed by atoms with van der Waals surface area (Å²) in [4.78, 5) is 14.8. The van der Waals surface area contributed by atoms with Gasteiger partial charge in [-0.25, -0.2) is 0 Å². The molecule has 1 aromatic rings. The van der Waals surface area contributed by atoms with Crippen molar-refractivity contribution < 1.29 is 4.79 Å². The Balaban J connectivity index is 0.00000121. The number of likely N-dealkylation sites (tertiary alicyclic amines) is 1. The molecule has 3 atom stereocenters. The van der Waals surface area contributed by atoms with Crippen LogP contribution in [-0.4, -0.2) is 40.2 Å². The van der Waals surface area contributed by atoms with Crippen LogP contribution in [0.4, 0.5) is 0 Å². The number of hydrogen-bond acceptors (Lipinski definition) is 3. The smallest absolute Gasteiger partial charge is 0.226 e. The number of hydrogen-bond donors (Lipinski definition) is 1. The maximum Gasteiger partial charge on any atom is 0.226 e. The Labute approximate surface area is 144 Å². The van der Waals surface area contributed by atoms with Crippen molar-refractivity contribution in [1.82, 2.24) is 14.7 Å². The number of carbonyl (C=O) groups is 1. The summed E-state index contributed by atoms with van der Waals surface area (Å²) >= 11 is 0. The van der Waals surface area contributed by atoms with E-state index in [1.165, 1.54) is 0 Å². The molecule has 126 valence electrons. The Kier molecular flexibility index (Phi) is 7.66. The average Bonchev–Trinajstić information content (AvgIpc) is 3.17. The normalized spacial score (nSPS) is 27.9. The van der Waals surface area contributed by atoms with Gasteiger partial charge in [-0.3, -0.25) is 9.48 Å². The van der Waals surface area contributed by atoms with Gasteiger partial charge < -0.3 is 10.6 Å². The topological polar surface area (TPSA) is 64.2 Å². The zero-order chi connectivity index (χ0) is 13.9. The monoisotopic (exact) mass is 348 g/mol. The summed E-state index contributed by atoms with van der Waals surface area (Å²) in [6.45, 7) is 2.34. The van der Waals surface area contributed by atoms with Crippen LogP contribution in [0.1, 0.15) is 38.1 Å². The molecule has 3 rings (SSSR count). The van der Waals surface area contributed by atoms with Crippen LogP contribution in [0.5, 0.6) is 0 Å². The summed E-state index contributed by atoms with van der Waals surface area (Å²) < 4.78 is 1.99. The van der Waals surface area contributed by atoms with E-state index in [0.29, 0.717) is 24.4 Å². The quantitative estimate of drug-likeness (QED) is 0.910. The van der Waals surface area contributed by atoms with Gasteiger partial charge in [0.2, 0.25) is 5.91 Å². The second-order valence-corrected chi connectivity index (χ2v) is 6.10. The van der Waals surface area contributed by atoms with Crippen molar-refractivity contribution in [3.63, 3.8) is 0 Å². The molecule has 2 N–H and O–H groups in total. The third kappa shape index (κ3) is 3.94. The van der Waals surface area contributed by atoms with Gasteiger partial charge in [0.25, 0.3) is 0 Å². The van der Waals surface area contributed by atoms with E-state index in [4.69, 9.17) is 5.73 Å². The average molecular weight is 349 g/mol. The molecule has 0 aromatic carbocycles. The first-order chi connectivity index (χ1) is 9.79. The summed E-state index contributed by atoms with van der Waals surface area (Å²) in [6, 6.07) is 2.28. The molecule has 1 aromatic heterocycles. The highest BCUT2D eigenvalue weighted by Gasteiger charge is 2.36. The minimum atomic E-state index is 0. The highest BCUT2D eigenvalue weighted by molar-refractivity contribution is 5.85. The molecule has 0 radical (unpaired) electrons. The molecule has 0 bridgehead atoms. The van der Waals surface area contributed by atoms with E-state index >= 15 is 0 Å². The van der Waals surface area contributed by atoms with E-state index in [2.05, 4.69) is 10.00 Å². The Morgan fingerprint density at radius 1 is 1.23 bits per heavy atom. The minimum absolute atomic E-state index is 0. The number of carbonyl (C=O) groups excluding carboxylic acids is 1. The molecule has 0 spiro atoms. The Morgan fingerprint density at radius 2 is 2.05 bits per heavy atom. The summed E-state index contributed by atoms with van der Waals surface area (Å²) in [7, 11) is 0. The molecule has 1 saturated heterocycles. The largest absolute Gasteiger partial charge is 0.340 e. The van der Waals surface area contributed by atoms with Crippen molar-refractivity contribution in [2.75, 3.05) is 19.6 Å². The fourth-order valence-electron chi connectivity index (χ4n) is 3.75. The van der Waals surface area contributed by atoms with Gasteiger partial charge in [0, 0.05) is 31.4 Å². The van der Waals surface area contributed by atoms with E-state index in [9.17, 15) is 4.79 Å². The van der Waals surface area contributed by atoms with Crippen LogP contribution >= 0.6 is 24.8 Å². The molecule has 1 unspecified atom stereocenters. The fourth-order valence-corrected chi connectivity index (χ4v) is 3.75. The maximum atomic E-state index is 12.7. The van der Waals surface area contributed by atoms with E-state index in [-0.39, 0.29) is 30.7 Å². The fraction of sp³-hybridized carbons (Fsp3) is 0.733. The lowest BCUT2D eigenvalue weighted by atomic mass is 9.93. The van der Waals surface area contributed by atoms with Gasteiger partial charge >= 0.3 is 0 Å². The zero-order valence-corrected chi connectivity index (χ0v) is 14.4. The van der Waals surface area contributed by atoms with Crippen LogP contribution < -0.4 is 5.73 Å². The number of nitrogens with zero attached hydrogens (tertiary/aromatic N) is 3. The third-order valence-corrected chi connectivity index (χ3v) is 4.89. The molecule has 2 aliphatic rings. The van der Waals surface area contributed by atoms with Crippen molar-refractivity contribution in [2.45, 2.75) is 38.1 Å². The van der Waals surface area contributed by atoms with Crippen LogP contribution in [0, 0.1) is 11.8 Å². The van der Waals surface area contributed by atoms with Gasteiger partial charge in [-0.15, -0.1) is 24.8 Å². The van der Waals surface area contributed by atoms with Gasteiger partial charge in [0.05, 0.1) is 6.04 Å². The van der Waals surface area contributed by atoms with Crippen molar-refractivity contribution >= 4 is 30.7 Å². The Bertz CT molecular complexity index is 454. The molecule has 7 heteroatoms. The lowest BCUT2D eigenvalue weighted by Crippen LogP contribution is -2.45. The van der Waals surface area contributed by atoms with Crippen molar-refractivity contribution in [1.29, 1.82) is 0 Å². The molecular weight excluding hydrogens is 323 g/mol. The molecule has 5 nitrogen and oxygen atoms in total. The minimum Gasteiger partial charge on any atom is -0.340 e. The lowest BCUT2D eigenvalue weighted by Gasteiger charge is -2.35. The van der Waals surface area contributed by atoms with E-state index < -0.39 is 0 Å². The predicted octanol–water partition coefficient (Wildman–Crippen LogP) is 2.27. The first-order valence-corrected chi connectivity index (χ1v) is 7.77. The molecule has 2 fully saturated rings. The van der Waals surface area contributed by atoms with Crippen LogP contribution in [0.2, 0.25) is 0 Å². The number of nitrogens with two attached hydrogens (primary N) is 1. The van der Waals surface area contributed by atoms with Gasteiger partial charge in [0.15, 0.2) is 0 Å². The molecule has 1 aliphatic heterocycles. The lowest BCUT2D eigenvalue weighted by molar-refractivity contribution is -0.138. The first-order valence-electron chi connectivity index (χ1n) is 7.77. The first kappa shape index (κ1) is 19.3. The zero-order valence-electron chi connectivity index (χ0n) is 12.8. The maximum absolute atomic E-state index is 12.7. The van der Waals surface area contributed by atoms with Crippen LogP contribution in [-0.2, 0) is 4.79 Å². The summed E-state index contributed by atoms with van der Waals surface area (Å²) in [5, 5.41) is 4.32. The van der Waals surface area contributed by atoms with E-state index in [1.54, 1.807) is 0 Å². The van der Waals surface area contributed by atoms with Crippen molar-refractivity contribution in [3.8, 4) is 0 Å². The third-order valence-electron chi connectivity index (χ3n) is 4.89. The summed E-state index contributed by atoms with van der Waals surface area (Å²) in [6.07, 6.45) is 9.26. The molecule has 1 amide bonds. The Hall–Kier alpha value is -0.780. The van der Waals surface area contributed by atoms with E-state index in [1.807, 2.05) is 23.1 Å². The SMILES string of the molecule is Cl.Cl.NC[C@H]1CCC[C@H]1C(=O)N1CCCC(n2cccn2)C1. The molecule has 2 heterocycles. The number of amides is 1. The molecule has 1 saturated carbocycles. The number of rotatable bonds is 3. The summed E-state index contributed by atoms with van der Waals surface area (Å²) in [5.74, 6) is 0.888. The van der Waals surface area contributed by atoms with Gasteiger partial charge in [-0.1, -0.05) is 6.42 Å². The van der Waals surface area contributed by atoms with Gasteiger partial charge in [-0.05, 0) is 44.2 Å². The van der Waals surface area contributed by atoms with Crippen molar-refractivity contribution in [3.05, 3.63) is 18.5 Å². The molecule has 22 heavy (non-hydrogen) atoms. The second-order valence-electron chi connectivity index (χ2n) is 6.10. The Morgan fingerprint density at radius 3 is 2.73 bits per heavy atom. The van der Waals surface area contributed by atoms with Crippen molar-refractivity contribution in [2.24, 2.45) is 17.6 Å². The van der Waals surface area contributed by atoms with Crippen LogP contribution in [0.15, 0.2) is 18.5 Å². The predicted molar refractivity (Wildman–Crippen MR) is 91.5 cm³/mol. The number of aromatic nitrogens is 2. The highest BCUT2D eigenvalue weighted by atomic mass is 35.5. The number of piperidine rings is 1. The standard InChI is InChI=1S/C15H24N4O.2ClH/c16-10-12-4-1-6-14(12)15(20)18-8-2-5-13(11-18)19-9-3-7-17-19;;/h3,7,9,12-14H,1-2,4-6,8,10-11,16H2;2*1H/t12-,13?,14-;;/m1../s1. The van der Waals surface area contributed by atoms with E-state index in [0.717, 1.165) is 45.2 Å². The van der Waals surface area contributed by atoms with Crippen LogP contribution in [0.3, 0.4) is 0 Å². The molecule has 1 aliphatic carbocycles. The van der Waals surface area contributed by atoms with Gasteiger partial charge in [-0.2, -0.15) is 5.10 Å². The highest BCUT2D eigenvalue weighted by Crippen LogP contribution is 2.33. The summed E-state index contributed by atoms with van der Waals surface area (Å²) in [5.41, 5.74) is 5.81. The van der Waals surface area contributed by atoms with Gasteiger partial charge in [0.1, 0.15) is 0 Å². The second kappa shape index (κ2) is 8.75. The number of halogens is 2. The molecular formula is C15H26Cl2N4O.